The molecule has 2 fully saturated rings. The largest absolute Gasteiger partial charge is 0.458 e. The van der Waals surface area contributed by atoms with Crippen LogP contribution in [0, 0.1) is 5.92 Å². The number of anilines is 1. The molecule has 0 spiro atoms. The predicted molar refractivity (Wildman–Crippen MR) is 120 cm³/mol. The highest BCUT2D eigenvalue weighted by molar-refractivity contribution is 5.88. The fraction of sp³-hybridized carbons (Fsp3) is 0.417. The zero-order chi connectivity index (χ0) is 22.5. The van der Waals surface area contributed by atoms with E-state index in [1.807, 2.05) is 24.5 Å². The molecule has 4 aliphatic rings. The topological polar surface area (TPSA) is 113 Å². The minimum atomic E-state index is -1.17. The van der Waals surface area contributed by atoms with E-state index in [4.69, 9.17) is 15.6 Å². The molecule has 170 valence electrons. The lowest BCUT2D eigenvalue weighted by Crippen LogP contribution is -2.38. The van der Waals surface area contributed by atoms with Gasteiger partial charge in [-0.15, -0.1) is 0 Å². The molecule has 9 nitrogen and oxygen atoms in total. The summed E-state index contributed by atoms with van der Waals surface area (Å²) in [4.78, 5) is 44.1. The van der Waals surface area contributed by atoms with Crippen LogP contribution in [0.4, 0.5) is 15.4 Å². The molecule has 1 aromatic carbocycles. The second kappa shape index (κ2) is 7.75. The summed E-state index contributed by atoms with van der Waals surface area (Å²) in [6.45, 7) is 0.436. The number of amides is 2. The summed E-state index contributed by atoms with van der Waals surface area (Å²) in [5, 5.41) is 0. The van der Waals surface area contributed by atoms with E-state index in [1.165, 1.54) is 4.90 Å². The van der Waals surface area contributed by atoms with Gasteiger partial charge in [-0.2, -0.15) is 0 Å². The van der Waals surface area contributed by atoms with Crippen molar-refractivity contribution in [1.29, 1.82) is 0 Å². The molecule has 2 N–H and O–H groups in total. The molecule has 7 rings (SSSR count). The van der Waals surface area contributed by atoms with E-state index in [0.717, 1.165) is 66.4 Å². The molecule has 0 saturated heterocycles. The van der Waals surface area contributed by atoms with Gasteiger partial charge in [-0.25, -0.2) is 29.3 Å². The van der Waals surface area contributed by atoms with Crippen LogP contribution in [0.1, 0.15) is 56.0 Å². The Balaban J connectivity index is 1.50. The predicted octanol–water partition coefficient (Wildman–Crippen LogP) is 4.67. The van der Waals surface area contributed by atoms with Crippen molar-refractivity contribution in [3.05, 3.63) is 42.2 Å². The standard InChI is InChI=1S/C24H25N5O4/c25-23(30)32-33-24(31)28-12-14-1-6-18(7-2-14)29-13-26-19-8-5-16(10-21(19)29)20-9-17(15-3-4-15)11-22(28)27-20/h5,8-11,13-15,18H,1-4,6-7,12H2,(H2,25,30). The molecule has 33 heavy (non-hydrogen) atoms. The van der Waals surface area contributed by atoms with Crippen LogP contribution in [0.5, 0.6) is 0 Å². The maximum Gasteiger partial charge on any atom is 0.458 e. The minimum absolute atomic E-state index is 0.278. The van der Waals surface area contributed by atoms with Gasteiger partial charge < -0.3 is 10.3 Å². The highest BCUT2D eigenvalue weighted by Gasteiger charge is 2.32. The number of pyridine rings is 1. The molecule has 2 aliphatic heterocycles. The van der Waals surface area contributed by atoms with Crippen LogP contribution in [-0.2, 0) is 9.78 Å². The van der Waals surface area contributed by atoms with Crippen molar-refractivity contribution in [2.75, 3.05) is 11.4 Å². The van der Waals surface area contributed by atoms with E-state index in [2.05, 4.69) is 26.6 Å². The maximum absolute atomic E-state index is 13.0. The molecule has 6 bridgehead atoms. The van der Waals surface area contributed by atoms with Crippen molar-refractivity contribution in [3.8, 4) is 11.3 Å². The van der Waals surface area contributed by atoms with E-state index < -0.39 is 12.2 Å². The molecule has 0 unspecified atom stereocenters. The summed E-state index contributed by atoms with van der Waals surface area (Å²) in [6.07, 6.45) is 6.14. The highest BCUT2D eigenvalue weighted by Crippen LogP contribution is 2.43. The first kappa shape index (κ1) is 20.0. The fourth-order valence-corrected chi connectivity index (χ4v) is 5.20. The average molecular weight is 447 g/mol. The van der Waals surface area contributed by atoms with Crippen molar-refractivity contribution in [2.24, 2.45) is 11.7 Å². The number of carbonyl (C=O) groups excluding carboxylic acids is 2. The summed E-state index contributed by atoms with van der Waals surface area (Å²) in [5.41, 5.74) is 10.0. The Morgan fingerprint density at radius 3 is 2.58 bits per heavy atom. The van der Waals surface area contributed by atoms with E-state index >= 15 is 0 Å². The van der Waals surface area contributed by atoms with Crippen molar-refractivity contribution in [1.82, 2.24) is 14.5 Å². The molecule has 0 atom stereocenters. The van der Waals surface area contributed by atoms with Crippen LogP contribution in [-0.4, -0.2) is 33.3 Å². The number of nitrogens with zero attached hydrogens (tertiary/aromatic N) is 4. The van der Waals surface area contributed by atoms with Gasteiger partial charge in [0.1, 0.15) is 5.82 Å². The summed E-state index contributed by atoms with van der Waals surface area (Å²) in [5.74, 6) is 1.24. The van der Waals surface area contributed by atoms with Gasteiger partial charge in [0, 0.05) is 18.2 Å². The molecule has 2 aliphatic carbocycles. The van der Waals surface area contributed by atoms with E-state index in [0.29, 0.717) is 24.3 Å². The van der Waals surface area contributed by atoms with Gasteiger partial charge in [0.05, 0.1) is 23.1 Å². The van der Waals surface area contributed by atoms with Crippen LogP contribution < -0.4 is 10.6 Å². The second-order valence-corrected chi connectivity index (χ2v) is 9.31. The molecule has 9 heteroatoms. The third kappa shape index (κ3) is 3.77. The van der Waals surface area contributed by atoms with Gasteiger partial charge >= 0.3 is 12.2 Å². The SMILES string of the molecule is NC(=O)OOC(=O)N1CC2CCC(CC2)n2cnc3ccc(cc32)-c2cc(C3CC3)cc1n2. The van der Waals surface area contributed by atoms with Crippen LogP contribution >= 0.6 is 0 Å². The van der Waals surface area contributed by atoms with Crippen LogP contribution in [0.3, 0.4) is 0 Å². The van der Waals surface area contributed by atoms with Gasteiger partial charge in [-0.05, 0) is 80.2 Å². The molecular weight excluding hydrogens is 422 g/mol. The Morgan fingerprint density at radius 1 is 1.00 bits per heavy atom. The number of aromatic nitrogens is 3. The lowest BCUT2D eigenvalue weighted by Gasteiger charge is -2.32. The zero-order valence-corrected chi connectivity index (χ0v) is 18.1. The fourth-order valence-electron chi connectivity index (χ4n) is 5.20. The summed E-state index contributed by atoms with van der Waals surface area (Å²) < 4.78 is 2.30. The third-order valence-corrected chi connectivity index (χ3v) is 7.10. The van der Waals surface area contributed by atoms with Gasteiger partial charge in [-0.3, -0.25) is 4.90 Å². The lowest BCUT2D eigenvalue weighted by atomic mass is 9.85. The van der Waals surface area contributed by atoms with E-state index in [-0.39, 0.29) is 5.92 Å². The van der Waals surface area contributed by atoms with Gasteiger partial charge in [-0.1, -0.05) is 6.07 Å². The Morgan fingerprint density at radius 2 is 1.82 bits per heavy atom. The Labute approximate surface area is 190 Å². The summed E-state index contributed by atoms with van der Waals surface area (Å²) in [6, 6.07) is 10.6. The number of fused-ring (bicyclic) bond motifs is 3. The van der Waals surface area contributed by atoms with Crippen LogP contribution in [0.25, 0.3) is 22.3 Å². The summed E-state index contributed by atoms with van der Waals surface area (Å²) in [7, 11) is 0. The molecule has 2 amide bonds. The first-order valence-corrected chi connectivity index (χ1v) is 11.5. The van der Waals surface area contributed by atoms with Crippen molar-refractivity contribution >= 4 is 29.0 Å². The number of hydrogen-bond donors (Lipinski definition) is 1. The number of imidazole rings is 1. The lowest BCUT2D eigenvalue weighted by molar-refractivity contribution is -0.173. The van der Waals surface area contributed by atoms with Crippen molar-refractivity contribution < 1.29 is 19.4 Å². The summed E-state index contributed by atoms with van der Waals surface area (Å²) >= 11 is 0. The number of rotatable bonds is 1. The third-order valence-electron chi connectivity index (χ3n) is 7.10. The molecule has 3 aromatic rings. The smallest absolute Gasteiger partial charge is 0.332 e. The molecule has 2 aromatic heterocycles. The van der Waals surface area contributed by atoms with Crippen molar-refractivity contribution in [3.63, 3.8) is 0 Å². The zero-order valence-electron chi connectivity index (χ0n) is 18.1. The second-order valence-electron chi connectivity index (χ2n) is 9.31. The van der Waals surface area contributed by atoms with Gasteiger partial charge in [0.15, 0.2) is 0 Å². The number of primary amides is 1. The molecule has 4 heterocycles. The normalized spacial score (nSPS) is 21.9. The number of benzene rings is 1. The van der Waals surface area contributed by atoms with Gasteiger partial charge in [0.25, 0.3) is 0 Å². The maximum atomic E-state index is 13.0. The van der Waals surface area contributed by atoms with Crippen molar-refractivity contribution in [2.45, 2.75) is 50.5 Å². The first-order chi connectivity index (χ1) is 16.0. The van der Waals surface area contributed by atoms with E-state index in [1.54, 1.807) is 0 Å². The van der Waals surface area contributed by atoms with Crippen LogP contribution in [0.15, 0.2) is 36.7 Å². The Hall–Kier alpha value is -3.62. The van der Waals surface area contributed by atoms with Crippen LogP contribution in [0.2, 0.25) is 0 Å². The minimum Gasteiger partial charge on any atom is -0.332 e. The number of carbonyl (C=O) groups is 2. The highest BCUT2D eigenvalue weighted by atomic mass is 17.2. The van der Waals surface area contributed by atoms with E-state index in [9.17, 15) is 9.59 Å². The first-order valence-electron chi connectivity index (χ1n) is 11.5. The number of hydrogen-bond acceptors (Lipinski definition) is 6. The number of nitrogens with two attached hydrogens (primary N) is 1. The monoisotopic (exact) mass is 447 g/mol. The molecule has 0 radical (unpaired) electrons. The molecule has 2 saturated carbocycles. The molecular formula is C24H25N5O4. The quantitative estimate of drug-likeness (QED) is 0.428. The van der Waals surface area contributed by atoms with Gasteiger partial charge in [0.2, 0.25) is 0 Å². The Bertz CT molecular complexity index is 1240. The Kier molecular flexibility index (Phi) is 4.70. The average Bonchev–Trinajstić information content (AvgIpc) is 3.60.